The highest BCUT2D eigenvalue weighted by atomic mass is 32.1. The number of carbonyl (C=O) groups is 1. The van der Waals surface area contributed by atoms with Gasteiger partial charge in [-0.05, 0) is 30.3 Å². The molecule has 0 bridgehead atoms. The van der Waals surface area contributed by atoms with Gasteiger partial charge in [0.2, 0.25) is 0 Å². The Morgan fingerprint density at radius 2 is 1.82 bits per heavy atom. The molecular formula is C20H15FN4O2S. The molecule has 3 aromatic rings. The number of amides is 1. The molecule has 1 aromatic heterocycles. The Hall–Kier alpha value is -3.26. The lowest BCUT2D eigenvalue weighted by molar-refractivity contribution is -0.112. The summed E-state index contributed by atoms with van der Waals surface area (Å²) in [5.74, 6) is -0.500. The molecule has 0 fully saturated rings. The number of hydrogen-bond donors (Lipinski definition) is 0. The Morgan fingerprint density at radius 3 is 2.61 bits per heavy atom. The minimum absolute atomic E-state index is 0.187. The number of anilines is 2. The van der Waals surface area contributed by atoms with Crippen LogP contribution in [0, 0.1) is 5.82 Å². The third-order valence-electron chi connectivity index (χ3n) is 5.02. The van der Waals surface area contributed by atoms with E-state index >= 15 is 0 Å². The summed E-state index contributed by atoms with van der Waals surface area (Å²) in [6, 6.07) is 13.5. The molecule has 2 aromatic carbocycles. The van der Waals surface area contributed by atoms with Crippen molar-refractivity contribution in [1.29, 1.82) is 0 Å². The van der Waals surface area contributed by atoms with Gasteiger partial charge < -0.3 is 9.80 Å². The highest BCUT2D eigenvalue weighted by molar-refractivity contribution is 7.07. The van der Waals surface area contributed by atoms with Crippen LogP contribution < -0.4 is 24.7 Å². The van der Waals surface area contributed by atoms with Crippen LogP contribution in [0.3, 0.4) is 0 Å². The maximum absolute atomic E-state index is 13.2. The van der Waals surface area contributed by atoms with Gasteiger partial charge in [0.15, 0.2) is 4.80 Å². The normalized spacial score (nSPS) is 17.4. The average molecular weight is 394 g/mol. The molecule has 0 spiro atoms. The first-order valence-corrected chi connectivity index (χ1v) is 9.52. The van der Waals surface area contributed by atoms with Gasteiger partial charge in [-0.1, -0.05) is 29.5 Å². The number of fused-ring (bicyclic) bond motifs is 2. The first-order valence-electron chi connectivity index (χ1n) is 8.71. The number of likely N-dealkylation sites (N-methyl/N-ethyl adjacent to an activating group) is 1. The zero-order chi connectivity index (χ0) is 19.4. The van der Waals surface area contributed by atoms with Crippen LogP contribution in [0.25, 0.3) is 5.57 Å². The van der Waals surface area contributed by atoms with Crippen molar-refractivity contribution in [3.63, 3.8) is 0 Å². The van der Waals surface area contributed by atoms with Gasteiger partial charge in [-0.2, -0.15) is 0 Å². The van der Waals surface area contributed by atoms with Crippen LogP contribution in [0.4, 0.5) is 15.8 Å². The predicted molar refractivity (Wildman–Crippen MR) is 105 cm³/mol. The zero-order valence-electron chi connectivity index (χ0n) is 14.9. The highest BCUT2D eigenvalue weighted by Gasteiger charge is 2.32. The highest BCUT2D eigenvalue weighted by Crippen LogP contribution is 2.33. The molecule has 140 valence electrons. The molecular weight excluding hydrogens is 379 g/mol. The number of rotatable bonds is 1. The van der Waals surface area contributed by atoms with Crippen LogP contribution in [-0.2, 0) is 11.5 Å². The molecule has 5 rings (SSSR count). The van der Waals surface area contributed by atoms with E-state index in [1.54, 1.807) is 28.6 Å². The second-order valence-electron chi connectivity index (χ2n) is 6.66. The fraction of sp³-hybridized carbons (Fsp3) is 0.150. The second kappa shape index (κ2) is 6.13. The van der Waals surface area contributed by atoms with Crippen molar-refractivity contribution >= 4 is 34.2 Å². The Kier molecular flexibility index (Phi) is 3.70. The Bertz CT molecular complexity index is 1290. The molecule has 2 aliphatic rings. The predicted octanol–water partition coefficient (Wildman–Crippen LogP) is 1.28. The SMILES string of the molecule is CN1C(=O)/C(=c2\sc3n(c2=O)CN(c2ccc(F)cc2)CN=3)c2ccccc21. The van der Waals surface area contributed by atoms with Crippen LogP contribution >= 0.6 is 11.3 Å². The molecule has 0 radical (unpaired) electrons. The van der Waals surface area contributed by atoms with Crippen molar-refractivity contribution in [2.75, 3.05) is 23.5 Å². The summed E-state index contributed by atoms with van der Waals surface area (Å²) in [6.07, 6.45) is 0. The Morgan fingerprint density at radius 1 is 1.07 bits per heavy atom. The molecule has 0 aliphatic carbocycles. The number of halogens is 1. The molecule has 28 heavy (non-hydrogen) atoms. The fourth-order valence-electron chi connectivity index (χ4n) is 3.57. The molecule has 6 nitrogen and oxygen atoms in total. The van der Waals surface area contributed by atoms with Crippen LogP contribution in [0.1, 0.15) is 5.56 Å². The molecule has 2 aliphatic heterocycles. The van der Waals surface area contributed by atoms with Crippen LogP contribution in [-0.4, -0.2) is 24.2 Å². The van der Waals surface area contributed by atoms with Crippen molar-refractivity contribution in [3.8, 4) is 0 Å². The number of aromatic nitrogens is 1. The maximum Gasteiger partial charge on any atom is 0.272 e. The third-order valence-corrected chi connectivity index (χ3v) is 6.14. The van der Waals surface area contributed by atoms with Gasteiger partial charge in [0, 0.05) is 18.3 Å². The van der Waals surface area contributed by atoms with Gasteiger partial charge in [0.25, 0.3) is 11.5 Å². The number of carbonyl (C=O) groups excluding carboxylic acids is 1. The standard InChI is InChI=1S/C20H15FN4O2S/c1-23-15-5-3-2-4-14(15)16(18(23)26)17-19(27)25-11-24(10-22-20(25)28-17)13-8-6-12(21)7-9-13/h2-9H,10-11H2,1H3/b17-16-. The molecule has 3 heterocycles. The van der Waals surface area contributed by atoms with Crippen molar-refractivity contribution in [2.45, 2.75) is 6.67 Å². The molecule has 0 unspecified atom stereocenters. The summed E-state index contributed by atoms with van der Waals surface area (Å²) in [5, 5.41) is 0. The first kappa shape index (κ1) is 16.9. The van der Waals surface area contributed by atoms with Crippen molar-refractivity contribution in [3.05, 3.63) is 79.6 Å². The van der Waals surface area contributed by atoms with E-state index in [0.29, 0.717) is 28.2 Å². The van der Waals surface area contributed by atoms with Gasteiger partial charge in [-0.3, -0.25) is 14.2 Å². The summed E-state index contributed by atoms with van der Waals surface area (Å²) >= 11 is 1.24. The van der Waals surface area contributed by atoms with E-state index in [4.69, 9.17) is 0 Å². The van der Waals surface area contributed by atoms with E-state index in [1.165, 1.54) is 23.5 Å². The first-order chi connectivity index (χ1) is 13.5. The quantitative estimate of drug-likeness (QED) is 0.625. The topological polar surface area (TPSA) is 57.9 Å². The van der Waals surface area contributed by atoms with Crippen LogP contribution in [0.5, 0.6) is 0 Å². The fourth-order valence-corrected chi connectivity index (χ4v) is 4.62. The second-order valence-corrected chi connectivity index (χ2v) is 7.64. The number of hydrogen-bond acceptors (Lipinski definition) is 5. The van der Waals surface area contributed by atoms with Crippen LogP contribution in [0.15, 0.2) is 58.3 Å². The molecule has 8 heteroatoms. The van der Waals surface area contributed by atoms with Gasteiger partial charge in [-0.25, -0.2) is 9.38 Å². The molecule has 1 amide bonds. The minimum Gasteiger partial charge on any atom is -0.334 e. The van der Waals surface area contributed by atoms with Crippen molar-refractivity contribution in [1.82, 2.24) is 4.57 Å². The van der Waals surface area contributed by atoms with Gasteiger partial charge >= 0.3 is 0 Å². The van der Waals surface area contributed by atoms with Gasteiger partial charge in [0.1, 0.15) is 23.7 Å². The minimum atomic E-state index is -0.313. The number of benzene rings is 2. The molecule has 0 saturated carbocycles. The van der Waals surface area contributed by atoms with E-state index < -0.39 is 0 Å². The summed E-state index contributed by atoms with van der Waals surface area (Å²) in [6.45, 7) is 0.670. The average Bonchev–Trinajstić information content (AvgIpc) is 3.16. The summed E-state index contributed by atoms with van der Waals surface area (Å²) in [5.41, 5.74) is 2.54. The third kappa shape index (κ3) is 2.41. The van der Waals surface area contributed by atoms with E-state index in [0.717, 1.165) is 16.9 Å². The van der Waals surface area contributed by atoms with Crippen LogP contribution in [0.2, 0.25) is 0 Å². The van der Waals surface area contributed by atoms with Gasteiger partial charge in [0.05, 0.1) is 11.3 Å². The Labute approximate surface area is 163 Å². The maximum atomic E-state index is 13.2. The van der Waals surface area contributed by atoms with Gasteiger partial charge in [-0.15, -0.1) is 0 Å². The number of para-hydroxylation sites is 1. The lowest BCUT2D eigenvalue weighted by Crippen LogP contribution is -2.43. The summed E-state index contributed by atoms with van der Waals surface area (Å²) < 4.78 is 15.2. The largest absolute Gasteiger partial charge is 0.334 e. The molecule has 0 atom stereocenters. The monoisotopic (exact) mass is 394 g/mol. The van der Waals surface area contributed by atoms with E-state index in [-0.39, 0.29) is 17.3 Å². The van der Waals surface area contributed by atoms with E-state index in [2.05, 4.69) is 4.99 Å². The zero-order valence-corrected chi connectivity index (χ0v) is 15.7. The van der Waals surface area contributed by atoms with E-state index in [1.807, 2.05) is 29.2 Å². The summed E-state index contributed by atoms with van der Waals surface area (Å²) in [7, 11) is 1.71. The lowest BCUT2D eigenvalue weighted by Gasteiger charge is -2.25. The lowest BCUT2D eigenvalue weighted by atomic mass is 10.1. The smallest absolute Gasteiger partial charge is 0.272 e. The van der Waals surface area contributed by atoms with Crippen molar-refractivity contribution < 1.29 is 9.18 Å². The molecule has 0 N–H and O–H groups in total. The van der Waals surface area contributed by atoms with E-state index in [9.17, 15) is 14.0 Å². The Balaban J connectivity index is 1.66. The molecule has 0 saturated heterocycles. The number of thiazole rings is 1. The van der Waals surface area contributed by atoms with Crippen molar-refractivity contribution in [2.24, 2.45) is 4.99 Å². The number of nitrogens with zero attached hydrogens (tertiary/aromatic N) is 4. The summed E-state index contributed by atoms with van der Waals surface area (Å²) in [4.78, 5) is 34.5.